The SMILES string of the molecule is CCn1nccc1CN(C)Cc1nc2ccccc2c(=O)n1-c1ccc(F)cc1. The lowest BCUT2D eigenvalue weighted by Crippen LogP contribution is -2.29. The number of benzene rings is 2. The summed E-state index contributed by atoms with van der Waals surface area (Å²) in [4.78, 5) is 20.1. The minimum atomic E-state index is -0.345. The highest BCUT2D eigenvalue weighted by molar-refractivity contribution is 5.77. The van der Waals surface area contributed by atoms with Crippen LogP contribution in [0.3, 0.4) is 0 Å². The Kier molecular flexibility index (Phi) is 5.22. The van der Waals surface area contributed by atoms with Crippen molar-refractivity contribution in [1.29, 1.82) is 0 Å². The number of nitrogens with zero attached hydrogens (tertiary/aromatic N) is 5. The van der Waals surface area contributed by atoms with Crippen LogP contribution in [-0.2, 0) is 19.6 Å². The average Bonchev–Trinajstić information content (AvgIpc) is 3.16. The minimum Gasteiger partial charge on any atom is -0.293 e. The maximum absolute atomic E-state index is 13.4. The van der Waals surface area contributed by atoms with Gasteiger partial charge in [-0.3, -0.25) is 18.9 Å². The predicted molar refractivity (Wildman–Crippen MR) is 110 cm³/mol. The van der Waals surface area contributed by atoms with Crippen molar-refractivity contribution in [3.8, 4) is 5.69 Å². The molecule has 0 aliphatic heterocycles. The zero-order valence-electron chi connectivity index (χ0n) is 16.4. The van der Waals surface area contributed by atoms with Crippen molar-refractivity contribution in [2.24, 2.45) is 0 Å². The standard InChI is InChI=1S/C22H22FN5O/c1-3-27-18(12-13-24-27)14-26(2)15-21-25-20-7-5-4-6-19(20)22(29)28(21)17-10-8-16(23)9-11-17/h4-13H,3,14-15H2,1-2H3. The fourth-order valence-electron chi connectivity index (χ4n) is 3.49. The first-order chi connectivity index (χ1) is 14.1. The molecule has 0 saturated carbocycles. The van der Waals surface area contributed by atoms with Gasteiger partial charge >= 0.3 is 0 Å². The maximum Gasteiger partial charge on any atom is 0.266 e. The molecule has 2 heterocycles. The summed E-state index contributed by atoms with van der Waals surface area (Å²) in [5.74, 6) is 0.257. The van der Waals surface area contributed by atoms with E-state index < -0.39 is 0 Å². The van der Waals surface area contributed by atoms with Gasteiger partial charge in [0.2, 0.25) is 0 Å². The molecule has 0 atom stereocenters. The van der Waals surface area contributed by atoms with E-state index in [9.17, 15) is 9.18 Å². The highest BCUT2D eigenvalue weighted by Crippen LogP contribution is 2.15. The van der Waals surface area contributed by atoms with Crippen LogP contribution >= 0.6 is 0 Å². The Hall–Kier alpha value is -3.32. The molecule has 0 radical (unpaired) electrons. The molecular formula is C22H22FN5O. The number of fused-ring (bicyclic) bond motifs is 1. The Morgan fingerprint density at radius 2 is 1.79 bits per heavy atom. The Morgan fingerprint density at radius 3 is 2.55 bits per heavy atom. The average molecular weight is 391 g/mol. The van der Waals surface area contributed by atoms with Gasteiger partial charge in [0.15, 0.2) is 0 Å². The van der Waals surface area contributed by atoms with Crippen LogP contribution in [0.1, 0.15) is 18.4 Å². The van der Waals surface area contributed by atoms with Crippen LogP contribution in [0.5, 0.6) is 0 Å². The lowest BCUT2D eigenvalue weighted by Gasteiger charge is -2.20. The Balaban J connectivity index is 1.77. The number of aromatic nitrogens is 4. The smallest absolute Gasteiger partial charge is 0.266 e. The van der Waals surface area contributed by atoms with Gasteiger partial charge in [0.25, 0.3) is 5.56 Å². The van der Waals surface area contributed by atoms with E-state index in [1.54, 1.807) is 29.0 Å². The van der Waals surface area contributed by atoms with E-state index in [4.69, 9.17) is 4.98 Å². The fraction of sp³-hybridized carbons (Fsp3) is 0.227. The van der Waals surface area contributed by atoms with Crippen LogP contribution in [-0.4, -0.2) is 31.3 Å². The number of hydrogen-bond donors (Lipinski definition) is 0. The number of hydrogen-bond acceptors (Lipinski definition) is 4. The van der Waals surface area contributed by atoms with Gasteiger partial charge in [-0.05, 0) is 56.4 Å². The largest absolute Gasteiger partial charge is 0.293 e. The summed E-state index contributed by atoms with van der Waals surface area (Å²) in [7, 11) is 1.98. The second kappa shape index (κ2) is 7.97. The first kappa shape index (κ1) is 19.0. The van der Waals surface area contributed by atoms with Crippen molar-refractivity contribution in [2.75, 3.05) is 7.05 Å². The van der Waals surface area contributed by atoms with E-state index in [0.29, 0.717) is 35.5 Å². The molecule has 0 aliphatic carbocycles. The van der Waals surface area contributed by atoms with Crippen LogP contribution in [0.2, 0.25) is 0 Å². The molecule has 4 aromatic rings. The summed E-state index contributed by atoms with van der Waals surface area (Å²) in [6.45, 7) is 3.96. The first-order valence-electron chi connectivity index (χ1n) is 9.52. The molecule has 0 N–H and O–H groups in total. The molecule has 6 nitrogen and oxygen atoms in total. The highest BCUT2D eigenvalue weighted by atomic mass is 19.1. The van der Waals surface area contributed by atoms with Gasteiger partial charge in [-0.15, -0.1) is 0 Å². The molecule has 2 aromatic carbocycles. The molecule has 148 valence electrons. The third kappa shape index (κ3) is 3.82. The zero-order chi connectivity index (χ0) is 20.4. The third-order valence-electron chi connectivity index (χ3n) is 4.88. The lowest BCUT2D eigenvalue weighted by atomic mass is 10.2. The molecule has 0 aliphatic rings. The molecule has 0 saturated heterocycles. The van der Waals surface area contributed by atoms with Gasteiger partial charge in [-0.2, -0.15) is 5.10 Å². The van der Waals surface area contributed by atoms with E-state index in [-0.39, 0.29) is 11.4 Å². The van der Waals surface area contributed by atoms with Gasteiger partial charge < -0.3 is 0 Å². The molecule has 0 fully saturated rings. The van der Waals surface area contributed by atoms with Crippen LogP contribution in [0.4, 0.5) is 4.39 Å². The van der Waals surface area contributed by atoms with Gasteiger partial charge in [-0.1, -0.05) is 12.1 Å². The van der Waals surface area contributed by atoms with Crippen molar-refractivity contribution < 1.29 is 4.39 Å². The van der Waals surface area contributed by atoms with Crippen molar-refractivity contribution in [3.05, 3.63) is 88.5 Å². The summed E-state index contributed by atoms with van der Waals surface area (Å²) >= 11 is 0. The lowest BCUT2D eigenvalue weighted by molar-refractivity contribution is 0.297. The van der Waals surface area contributed by atoms with E-state index in [2.05, 4.69) is 10.00 Å². The van der Waals surface area contributed by atoms with Crippen molar-refractivity contribution in [1.82, 2.24) is 24.2 Å². The molecule has 0 amide bonds. The summed E-state index contributed by atoms with van der Waals surface area (Å²) in [5, 5.41) is 4.84. The van der Waals surface area contributed by atoms with Crippen LogP contribution < -0.4 is 5.56 Å². The summed E-state index contributed by atoms with van der Waals surface area (Å²) in [6.07, 6.45) is 1.79. The molecule has 4 rings (SSSR count). The molecule has 0 bridgehead atoms. The summed E-state index contributed by atoms with van der Waals surface area (Å²) < 4.78 is 16.9. The summed E-state index contributed by atoms with van der Waals surface area (Å²) in [5.41, 5.74) is 2.17. The Labute approximate surface area is 167 Å². The predicted octanol–water partition coefficient (Wildman–Crippen LogP) is 3.37. The quantitative estimate of drug-likeness (QED) is 0.506. The zero-order valence-corrected chi connectivity index (χ0v) is 16.4. The third-order valence-corrected chi connectivity index (χ3v) is 4.88. The molecule has 29 heavy (non-hydrogen) atoms. The minimum absolute atomic E-state index is 0.163. The van der Waals surface area contributed by atoms with Crippen LogP contribution in [0.25, 0.3) is 16.6 Å². The second-order valence-electron chi connectivity index (χ2n) is 6.97. The van der Waals surface area contributed by atoms with Crippen LogP contribution in [0.15, 0.2) is 65.6 Å². The summed E-state index contributed by atoms with van der Waals surface area (Å²) in [6, 6.07) is 15.2. The molecule has 0 spiro atoms. The normalized spacial score (nSPS) is 11.4. The van der Waals surface area contributed by atoms with Crippen LogP contribution in [0, 0.1) is 5.82 Å². The van der Waals surface area contributed by atoms with Gasteiger partial charge in [-0.25, -0.2) is 9.37 Å². The maximum atomic E-state index is 13.4. The Bertz CT molecular complexity index is 1200. The van der Waals surface area contributed by atoms with Crippen molar-refractivity contribution in [2.45, 2.75) is 26.6 Å². The second-order valence-corrected chi connectivity index (χ2v) is 6.97. The topological polar surface area (TPSA) is 56.0 Å². The number of rotatable bonds is 6. The highest BCUT2D eigenvalue weighted by Gasteiger charge is 2.15. The van der Waals surface area contributed by atoms with Gasteiger partial charge in [0, 0.05) is 19.3 Å². The van der Waals surface area contributed by atoms with Crippen molar-refractivity contribution in [3.63, 3.8) is 0 Å². The molecule has 0 unspecified atom stereocenters. The molecule has 7 heteroatoms. The first-order valence-corrected chi connectivity index (χ1v) is 9.52. The monoisotopic (exact) mass is 391 g/mol. The van der Waals surface area contributed by atoms with E-state index in [1.165, 1.54) is 12.1 Å². The number of halogens is 1. The van der Waals surface area contributed by atoms with Gasteiger partial charge in [0.1, 0.15) is 11.6 Å². The van der Waals surface area contributed by atoms with E-state index >= 15 is 0 Å². The molecule has 2 aromatic heterocycles. The number of para-hydroxylation sites is 1. The Morgan fingerprint density at radius 1 is 1.03 bits per heavy atom. The number of aryl methyl sites for hydroxylation is 1. The fourth-order valence-corrected chi connectivity index (χ4v) is 3.49. The van der Waals surface area contributed by atoms with Crippen molar-refractivity contribution >= 4 is 10.9 Å². The van der Waals surface area contributed by atoms with E-state index in [0.717, 1.165) is 12.2 Å². The van der Waals surface area contributed by atoms with Gasteiger partial charge in [0.05, 0.1) is 28.8 Å². The molecular weight excluding hydrogens is 369 g/mol. The van der Waals surface area contributed by atoms with E-state index in [1.807, 2.05) is 42.9 Å².